The van der Waals surface area contributed by atoms with Crippen LogP contribution in [0.4, 0.5) is 0 Å². The van der Waals surface area contributed by atoms with Gasteiger partial charge in [0.25, 0.3) is 0 Å². The fourth-order valence-corrected chi connectivity index (χ4v) is 8.04. The Morgan fingerprint density at radius 1 is 0.333 bits per heavy atom. The molecule has 0 aromatic rings. The molecule has 0 saturated carbocycles. The molecule has 0 aliphatic heterocycles. The van der Waals surface area contributed by atoms with Crippen molar-refractivity contribution >= 4 is 15.2 Å². The molecule has 0 unspecified atom stereocenters. The summed E-state index contributed by atoms with van der Waals surface area (Å²) in [6.45, 7) is 10.3. The molecule has 0 N–H and O–H groups in total. The van der Waals surface area contributed by atoms with Gasteiger partial charge in [-0.25, -0.2) is 0 Å². The Balaban J connectivity index is 5.14. The summed E-state index contributed by atoms with van der Waals surface area (Å²) in [7, 11) is -7.13. The Hall–Kier alpha value is 0.0400. The van der Waals surface area contributed by atoms with Gasteiger partial charge in [0.05, 0.1) is 26.4 Å². The van der Waals surface area contributed by atoms with Crippen molar-refractivity contribution in [1.82, 2.24) is 0 Å². The van der Waals surface area contributed by atoms with Crippen molar-refractivity contribution in [2.24, 2.45) is 0 Å². The molecule has 0 atom stereocenters. The van der Waals surface area contributed by atoms with Crippen LogP contribution in [0.1, 0.15) is 182 Å². The number of rotatable bonds is 34. The van der Waals surface area contributed by atoms with Crippen molar-refractivity contribution in [1.29, 1.82) is 0 Å². The van der Waals surface area contributed by atoms with Gasteiger partial charge in [-0.05, 0) is 25.7 Å². The summed E-state index contributed by atoms with van der Waals surface area (Å²) in [6, 6.07) is 0. The minimum Gasteiger partial charge on any atom is -0.306 e. The van der Waals surface area contributed by atoms with E-state index < -0.39 is 15.2 Å². The van der Waals surface area contributed by atoms with Gasteiger partial charge in [-0.3, -0.25) is 9.13 Å². The molecule has 0 fully saturated rings. The van der Waals surface area contributed by atoms with Crippen LogP contribution in [0.15, 0.2) is 11.6 Å². The third-order valence-electron chi connectivity index (χ3n) is 7.51. The first-order valence-corrected chi connectivity index (χ1v) is 21.2. The van der Waals surface area contributed by atoms with Crippen molar-refractivity contribution in [3.05, 3.63) is 11.6 Å². The summed E-state index contributed by atoms with van der Waals surface area (Å²) in [4.78, 5) is 0. The predicted octanol–water partition coefficient (Wildman–Crippen LogP) is 13.4. The second-order valence-electron chi connectivity index (χ2n) is 11.8. The zero-order valence-electron chi connectivity index (χ0n) is 28.3. The van der Waals surface area contributed by atoms with Gasteiger partial charge in [0.2, 0.25) is 0 Å². The van der Waals surface area contributed by atoms with Crippen LogP contribution in [0.5, 0.6) is 0 Å². The molecule has 0 spiro atoms. The van der Waals surface area contributed by atoms with Gasteiger partial charge >= 0.3 is 15.2 Å². The molecule has 252 valence electrons. The van der Waals surface area contributed by atoms with E-state index in [-0.39, 0.29) is 0 Å². The molecule has 0 aromatic heterocycles. The van der Waals surface area contributed by atoms with Gasteiger partial charge in [-0.15, -0.1) is 0 Å². The van der Waals surface area contributed by atoms with Gasteiger partial charge in [0.1, 0.15) is 0 Å². The molecule has 8 heteroatoms. The zero-order valence-corrected chi connectivity index (χ0v) is 30.1. The Morgan fingerprint density at radius 2 is 0.524 bits per heavy atom. The Labute approximate surface area is 261 Å². The monoisotopic (exact) mass is 636 g/mol. The first-order chi connectivity index (χ1) is 20.4. The van der Waals surface area contributed by atoms with E-state index in [2.05, 4.69) is 27.7 Å². The highest BCUT2D eigenvalue weighted by Crippen LogP contribution is 2.57. The minimum atomic E-state index is -3.57. The second kappa shape index (κ2) is 31.0. The summed E-state index contributed by atoms with van der Waals surface area (Å²) in [5.74, 6) is 2.73. The lowest BCUT2D eigenvalue weighted by Crippen LogP contribution is -2.00. The molecule has 42 heavy (non-hydrogen) atoms. The molecule has 0 aliphatic carbocycles. The predicted molar refractivity (Wildman–Crippen MR) is 182 cm³/mol. The van der Waals surface area contributed by atoms with Crippen LogP contribution in [0.3, 0.4) is 0 Å². The average molecular weight is 637 g/mol. The van der Waals surface area contributed by atoms with E-state index in [0.717, 1.165) is 77.0 Å². The second-order valence-corrected chi connectivity index (χ2v) is 15.6. The lowest BCUT2D eigenvalue weighted by molar-refractivity contribution is 0.201. The van der Waals surface area contributed by atoms with Gasteiger partial charge in [-0.2, -0.15) is 0 Å². The lowest BCUT2D eigenvalue weighted by atomic mass is 10.1. The fourth-order valence-electron chi connectivity index (χ4n) is 4.71. The van der Waals surface area contributed by atoms with Crippen LogP contribution in [0.25, 0.3) is 0 Å². The number of hydrogen-bond acceptors (Lipinski definition) is 6. The van der Waals surface area contributed by atoms with Gasteiger partial charge < -0.3 is 18.1 Å². The first-order valence-electron chi connectivity index (χ1n) is 17.9. The average Bonchev–Trinajstić information content (AvgIpc) is 2.98. The van der Waals surface area contributed by atoms with E-state index in [1.54, 1.807) is 0 Å². The van der Waals surface area contributed by atoms with Gasteiger partial charge in [0, 0.05) is 11.6 Å². The third kappa shape index (κ3) is 27.6. The van der Waals surface area contributed by atoms with Crippen molar-refractivity contribution in [3.8, 4) is 0 Å². The van der Waals surface area contributed by atoms with Crippen LogP contribution in [-0.4, -0.2) is 26.4 Å². The Kier molecular flexibility index (Phi) is 31.1. The van der Waals surface area contributed by atoms with E-state index >= 15 is 0 Å². The molecule has 0 amide bonds. The highest BCUT2D eigenvalue weighted by molar-refractivity contribution is 7.61. The zero-order chi connectivity index (χ0) is 31.0. The first kappa shape index (κ1) is 42.0. The standard InChI is InChI=1S/C34H70O6P2/c1-5-9-13-17-21-25-29-37-41(35,38-30-26-22-18-14-10-6-2)33-34-42(36,39-31-27-23-19-15-11-7-3)40-32-28-24-20-16-12-8-4/h33-34H,5-32H2,1-4H3. The van der Waals surface area contributed by atoms with Crippen LogP contribution in [-0.2, 0) is 27.2 Å². The smallest absolute Gasteiger partial charge is 0.306 e. The lowest BCUT2D eigenvalue weighted by Gasteiger charge is -2.18. The van der Waals surface area contributed by atoms with E-state index in [4.69, 9.17) is 18.1 Å². The summed E-state index contributed by atoms with van der Waals surface area (Å²) in [5, 5.41) is 0. The minimum absolute atomic E-state index is 0.367. The normalized spacial score (nSPS) is 12.6. The molecule has 0 bridgehead atoms. The van der Waals surface area contributed by atoms with Crippen LogP contribution < -0.4 is 0 Å². The third-order valence-corrected chi connectivity index (χ3v) is 10.9. The van der Waals surface area contributed by atoms with E-state index in [1.165, 1.54) is 88.7 Å². The van der Waals surface area contributed by atoms with Crippen molar-refractivity contribution in [2.75, 3.05) is 26.4 Å². The summed E-state index contributed by atoms with van der Waals surface area (Å²) < 4.78 is 50.8. The molecule has 0 aliphatic rings. The van der Waals surface area contributed by atoms with Gasteiger partial charge in [-0.1, -0.05) is 156 Å². The molecule has 0 heterocycles. The maximum atomic E-state index is 13.7. The van der Waals surface area contributed by atoms with Crippen LogP contribution in [0.2, 0.25) is 0 Å². The van der Waals surface area contributed by atoms with Crippen molar-refractivity contribution in [3.63, 3.8) is 0 Å². The molecule has 0 saturated heterocycles. The molecule has 0 rings (SSSR count). The molecule has 0 radical (unpaired) electrons. The molecule has 0 aromatic carbocycles. The summed E-state index contributed by atoms with van der Waals surface area (Å²) in [5.41, 5.74) is 0. The van der Waals surface area contributed by atoms with E-state index in [9.17, 15) is 9.13 Å². The quantitative estimate of drug-likeness (QED) is 0.0517. The van der Waals surface area contributed by atoms with E-state index in [0.29, 0.717) is 26.4 Å². The summed E-state index contributed by atoms with van der Waals surface area (Å²) in [6.07, 6.45) is 26.9. The SMILES string of the molecule is CCCCCCCCOP(=O)(C=CP(=O)(OCCCCCCCC)OCCCCCCCC)OCCCCCCCC. The maximum Gasteiger partial charge on any atom is 0.354 e. The van der Waals surface area contributed by atoms with Crippen molar-refractivity contribution in [2.45, 2.75) is 182 Å². The fraction of sp³-hybridized carbons (Fsp3) is 0.941. The van der Waals surface area contributed by atoms with Crippen LogP contribution >= 0.6 is 15.2 Å². The van der Waals surface area contributed by atoms with Crippen LogP contribution in [0, 0.1) is 0 Å². The Bertz CT molecular complexity index is 585. The highest BCUT2D eigenvalue weighted by atomic mass is 31.2. The largest absolute Gasteiger partial charge is 0.354 e. The molecular weight excluding hydrogens is 566 g/mol. The number of unbranched alkanes of at least 4 members (excludes halogenated alkanes) is 20. The number of hydrogen-bond donors (Lipinski definition) is 0. The van der Waals surface area contributed by atoms with Gasteiger partial charge in [0.15, 0.2) is 0 Å². The highest BCUT2D eigenvalue weighted by Gasteiger charge is 2.27. The maximum absolute atomic E-state index is 13.7. The van der Waals surface area contributed by atoms with Crippen molar-refractivity contribution < 1.29 is 27.2 Å². The molecule has 6 nitrogen and oxygen atoms in total. The topological polar surface area (TPSA) is 71.1 Å². The Morgan fingerprint density at radius 3 is 0.738 bits per heavy atom. The summed E-state index contributed by atoms with van der Waals surface area (Å²) >= 11 is 0. The molecular formula is C34H70O6P2. The van der Waals surface area contributed by atoms with E-state index in [1.807, 2.05) is 0 Å².